The van der Waals surface area contributed by atoms with Gasteiger partial charge < -0.3 is 10.2 Å². The molecule has 0 saturated heterocycles. The Morgan fingerprint density at radius 2 is 1.74 bits per heavy atom. The third-order valence-corrected chi connectivity index (χ3v) is 10.2. The average molecular weight is 377 g/mol. The molecule has 0 heterocycles. The molecule has 4 aliphatic rings. The number of hydrogen-bond acceptors (Lipinski definition) is 2. The first-order valence-corrected chi connectivity index (χ1v) is 11.7. The minimum absolute atomic E-state index is 0.161. The van der Waals surface area contributed by atoms with Gasteiger partial charge >= 0.3 is 5.97 Å². The molecule has 1 unspecified atom stereocenters. The summed E-state index contributed by atoms with van der Waals surface area (Å²) in [4.78, 5) is 11.1. The van der Waals surface area contributed by atoms with Crippen LogP contribution in [0.5, 0.6) is 0 Å². The highest BCUT2D eigenvalue weighted by atomic mass is 16.4. The van der Waals surface area contributed by atoms with Crippen LogP contribution in [0, 0.1) is 46.3 Å². The number of aliphatic hydroxyl groups excluding tert-OH is 1. The van der Waals surface area contributed by atoms with Gasteiger partial charge in [0.15, 0.2) is 0 Å². The maximum atomic E-state index is 11.1. The summed E-state index contributed by atoms with van der Waals surface area (Å²) in [5.74, 6) is 3.54. The summed E-state index contributed by atoms with van der Waals surface area (Å²) in [7, 11) is 0. The van der Waals surface area contributed by atoms with E-state index in [1.165, 1.54) is 64.2 Å². The molecular formula is C24H40O3. The van der Waals surface area contributed by atoms with Crippen molar-refractivity contribution in [1.29, 1.82) is 0 Å². The molecule has 4 rings (SSSR count). The monoisotopic (exact) mass is 376 g/mol. The molecule has 0 aromatic rings. The number of rotatable bonds is 5. The van der Waals surface area contributed by atoms with Crippen molar-refractivity contribution in [1.82, 2.24) is 0 Å². The number of fused-ring (bicyclic) bond motifs is 5. The predicted octanol–water partition coefficient (Wildman–Crippen LogP) is 5.51. The van der Waals surface area contributed by atoms with Crippen molar-refractivity contribution in [3.8, 4) is 0 Å². The van der Waals surface area contributed by atoms with E-state index in [-0.39, 0.29) is 18.9 Å². The SMILES string of the molecule is C[C@]12CC[C@H]3[C@@H](CCC4CCCC[C@@]43C)[C@@H]1CC[C@@H]2[C@H](CO)CCC(=O)O. The lowest BCUT2D eigenvalue weighted by molar-refractivity contribution is -0.138. The van der Waals surface area contributed by atoms with E-state index in [2.05, 4.69) is 13.8 Å². The number of carbonyl (C=O) groups is 1. The Bertz CT molecular complexity index is 560. The number of aliphatic hydroxyl groups is 1. The van der Waals surface area contributed by atoms with Crippen LogP contribution >= 0.6 is 0 Å². The molecule has 27 heavy (non-hydrogen) atoms. The van der Waals surface area contributed by atoms with Gasteiger partial charge in [-0.3, -0.25) is 4.79 Å². The lowest BCUT2D eigenvalue weighted by Gasteiger charge is -2.61. The zero-order valence-electron chi connectivity index (χ0n) is 17.5. The Kier molecular flexibility index (Phi) is 5.37. The highest BCUT2D eigenvalue weighted by Gasteiger charge is 2.60. The first kappa shape index (κ1) is 19.7. The van der Waals surface area contributed by atoms with Gasteiger partial charge in [0.2, 0.25) is 0 Å². The number of aliphatic carboxylic acids is 1. The van der Waals surface area contributed by atoms with Crippen molar-refractivity contribution in [2.75, 3.05) is 6.61 Å². The van der Waals surface area contributed by atoms with Gasteiger partial charge in [-0.1, -0.05) is 26.7 Å². The maximum Gasteiger partial charge on any atom is 0.303 e. The van der Waals surface area contributed by atoms with Crippen LogP contribution in [0.2, 0.25) is 0 Å². The summed E-state index contributed by atoms with van der Waals surface area (Å²) >= 11 is 0. The van der Waals surface area contributed by atoms with Crippen LogP contribution in [0.4, 0.5) is 0 Å². The normalized spacial score (nSPS) is 47.6. The van der Waals surface area contributed by atoms with E-state index in [0.29, 0.717) is 23.2 Å². The molecule has 0 aromatic carbocycles. The van der Waals surface area contributed by atoms with E-state index < -0.39 is 5.97 Å². The fraction of sp³-hybridized carbons (Fsp3) is 0.958. The largest absolute Gasteiger partial charge is 0.481 e. The predicted molar refractivity (Wildman–Crippen MR) is 107 cm³/mol. The fourth-order valence-electron chi connectivity index (χ4n) is 8.84. The molecule has 8 atom stereocenters. The van der Waals surface area contributed by atoms with Gasteiger partial charge in [-0.05, 0) is 104 Å². The second-order valence-electron chi connectivity index (χ2n) is 11.0. The molecule has 0 aromatic heterocycles. The Labute approximate surface area is 165 Å². The third-order valence-electron chi connectivity index (χ3n) is 10.2. The van der Waals surface area contributed by atoms with Gasteiger partial charge in [0.25, 0.3) is 0 Å². The van der Waals surface area contributed by atoms with Crippen LogP contribution in [0.3, 0.4) is 0 Å². The molecule has 0 radical (unpaired) electrons. The summed E-state index contributed by atoms with van der Waals surface area (Å²) in [5, 5.41) is 19.1. The van der Waals surface area contributed by atoms with E-state index >= 15 is 0 Å². The Morgan fingerprint density at radius 3 is 2.48 bits per heavy atom. The number of carboxylic acid groups (broad SMARTS) is 1. The topological polar surface area (TPSA) is 57.5 Å². The van der Waals surface area contributed by atoms with Gasteiger partial charge in [0, 0.05) is 13.0 Å². The second-order valence-corrected chi connectivity index (χ2v) is 11.0. The van der Waals surface area contributed by atoms with Crippen molar-refractivity contribution in [2.24, 2.45) is 46.3 Å². The quantitative estimate of drug-likeness (QED) is 0.665. The van der Waals surface area contributed by atoms with Crippen LogP contribution in [-0.2, 0) is 4.79 Å². The van der Waals surface area contributed by atoms with Gasteiger partial charge in [-0.2, -0.15) is 0 Å². The van der Waals surface area contributed by atoms with E-state index in [1.54, 1.807) is 0 Å². The Balaban J connectivity index is 1.53. The fourth-order valence-corrected chi connectivity index (χ4v) is 8.84. The van der Waals surface area contributed by atoms with Crippen molar-refractivity contribution in [3.63, 3.8) is 0 Å². The van der Waals surface area contributed by atoms with Crippen molar-refractivity contribution >= 4 is 5.97 Å². The Morgan fingerprint density at radius 1 is 0.963 bits per heavy atom. The molecule has 3 nitrogen and oxygen atoms in total. The van der Waals surface area contributed by atoms with Gasteiger partial charge in [-0.25, -0.2) is 0 Å². The molecule has 0 spiro atoms. The lowest BCUT2D eigenvalue weighted by atomic mass is 9.44. The molecule has 4 aliphatic carbocycles. The van der Waals surface area contributed by atoms with E-state index in [1.807, 2.05) is 0 Å². The first-order chi connectivity index (χ1) is 12.9. The van der Waals surface area contributed by atoms with Crippen molar-refractivity contribution in [2.45, 2.75) is 90.9 Å². The number of hydrogen-bond donors (Lipinski definition) is 2. The Hall–Kier alpha value is -0.570. The summed E-state index contributed by atoms with van der Waals surface area (Å²) < 4.78 is 0. The number of carboxylic acids is 1. The maximum absolute atomic E-state index is 11.1. The molecule has 0 aliphatic heterocycles. The van der Waals surface area contributed by atoms with Crippen molar-refractivity contribution in [3.05, 3.63) is 0 Å². The zero-order chi connectivity index (χ0) is 19.2. The molecular weight excluding hydrogens is 336 g/mol. The smallest absolute Gasteiger partial charge is 0.303 e. The van der Waals surface area contributed by atoms with Crippen LogP contribution in [-0.4, -0.2) is 22.8 Å². The van der Waals surface area contributed by atoms with Crippen LogP contribution in [0.1, 0.15) is 90.9 Å². The van der Waals surface area contributed by atoms with Crippen LogP contribution in [0.25, 0.3) is 0 Å². The molecule has 4 saturated carbocycles. The summed E-state index contributed by atoms with van der Waals surface area (Å²) in [6, 6.07) is 0. The summed E-state index contributed by atoms with van der Waals surface area (Å²) in [5.41, 5.74) is 0.908. The second kappa shape index (κ2) is 7.35. The molecule has 3 heteroatoms. The van der Waals surface area contributed by atoms with E-state index in [9.17, 15) is 9.90 Å². The minimum atomic E-state index is -0.722. The average Bonchev–Trinajstić information content (AvgIpc) is 2.99. The van der Waals surface area contributed by atoms with E-state index in [4.69, 9.17) is 5.11 Å². The van der Waals surface area contributed by atoms with Crippen LogP contribution < -0.4 is 0 Å². The lowest BCUT2D eigenvalue weighted by Crippen LogP contribution is -2.53. The standard InChI is InChI=1S/C24H40O3/c1-23-13-4-3-5-17(23)7-8-18-20-10-9-19(16(15-25)6-11-22(26)27)24(20,2)14-12-21(18)23/h16-21,25H,3-15H2,1-2H3,(H,26,27)/t16-,17?,18-,19+,20-,21-,23-,24+/m0/s1. The van der Waals surface area contributed by atoms with Gasteiger partial charge in [-0.15, -0.1) is 0 Å². The molecule has 2 N–H and O–H groups in total. The summed E-state index contributed by atoms with van der Waals surface area (Å²) in [6.45, 7) is 5.30. The molecule has 4 fully saturated rings. The van der Waals surface area contributed by atoms with Gasteiger partial charge in [0.05, 0.1) is 0 Å². The van der Waals surface area contributed by atoms with Gasteiger partial charge in [0.1, 0.15) is 0 Å². The third kappa shape index (κ3) is 3.16. The zero-order valence-corrected chi connectivity index (χ0v) is 17.5. The minimum Gasteiger partial charge on any atom is -0.481 e. The first-order valence-electron chi connectivity index (χ1n) is 11.7. The molecule has 0 amide bonds. The van der Waals surface area contributed by atoms with Crippen molar-refractivity contribution < 1.29 is 15.0 Å². The highest BCUT2D eigenvalue weighted by Crippen LogP contribution is 2.68. The highest BCUT2D eigenvalue weighted by molar-refractivity contribution is 5.66. The summed E-state index contributed by atoms with van der Waals surface area (Å²) in [6.07, 6.45) is 14.7. The van der Waals surface area contributed by atoms with Crippen LogP contribution in [0.15, 0.2) is 0 Å². The molecule has 154 valence electrons. The van der Waals surface area contributed by atoms with E-state index in [0.717, 1.165) is 23.7 Å². The molecule has 0 bridgehead atoms.